The van der Waals surface area contributed by atoms with Crippen molar-refractivity contribution in [3.63, 3.8) is 0 Å². The SMILES string of the molecule is O=C1NC(=Cc2ccc(OCCN3C(=O)c4ccccc4C3=O)cc2)C(=O)S1. The molecule has 7 nitrogen and oxygen atoms in total. The van der Waals surface area contributed by atoms with Gasteiger partial charge in [0.05, 0.1) is 23.4 Å². The van der Waals surface area contributed by atoms with E-state index in [-0.39, 0.29) is 41.0 Å². The van der Waals surface area contributed by atoms with Crippen LogP contribution >= 0.6 is 11.8 Å². The summed E-state index contributed by atoms with van der Waals surface area (Å²) in [4.78, 5) is 48.5. The second kappa shape index (κ2) is 7.32. The summed E-state index contributed by atoms with van der Waals surface area (Å²) in [7, 11) is 0. The van der Waals surface area contributed by atoms with Gasteiger partial charge in [-0.05, 0) is 35.9 Å². The highest BCUT2D eigenvalue weighted by atomic mass is 32.2. The van der Waals surface area contributed by atoms with Gasteiger partial charge in [-0.15, -0.1) is 0 Å². The lowest BCUT2D eigenvalue weighted by atomic mass is 10.1. The van der Waals surface area contributed by atoms with Crippen LogP contribution in [0.5, 0.6) is 5.75 Å². The Hall–Kier alpha value is -3.39. The second-order valence-corrected chi connectivity index (χ2v) is 7.03. The lowest BCUT2D eigenvalue weighted by Gasteiger charge is -2.14. The predicted molar refractivity (Wildman–Crippen MR) is 103 cm³/mol. The van der Waals surface area contributed by atoms with Crippen LogP contribution in [0.1, 0.15) is 26.3 Å². The number of hydrogen-bond donors (Lipinski definition) is 1. The van der Waals surface area contributed by atoms with Crippen LogP contribution in [0.2, 0.25) is 0 Å². The van der Waals surface area contributed by atoms with Crippen LogP contribution < -0.4 is 10.1 Å². The Labute approximate surface area is 164 Å². The van der Waals surface area contributed by atoms with E-state index in [2.05, 4.69) is 5.32 Å². The molecule has 4 rings (SSSR count). The van der Waals surface area contributed by atoms with E-state index in [1.54, 1.807) is 54.6 Å². The molecule has 0 aromatic heterocycles. The normalized spacial score (nSPS) is 17.3. The van der Waals surface area contributed by atoms with Crippen LogP contribution in [-0.2, 0) is 4.79 Å². The van der Waals surface area contributed by atoms with Gasteiger partial charge in [0, 0.05) is 11.8 Å². The quantitative estimate of drug-likeness (QED) is 0.619. The van der Waals surface area contributed by atoms with Crippen LogP contribution in [0.4, 0.5) is 4.79 Å². The van der Waals surface area contributed by atoms with Crippen LogP contribution in [0.25, 0.3) is 6.08 Å². The predicted octanol–water partition coefficient (Wildman–Crippen LogP) is 2.69. The molecule has 0 radical (unpaired) electrons. The average Bonchev–Trinajstić information content (AvgIpc) is 3.14. The minimum atomic E-state index is -0.385. The fraction of sp³-hybridized carbons (Fsp3) is 0.100. The van der Waals surface area contributed by atoms with Crippen molar-refractivity contribution in [1.82, 2.24) is 10.2 Å². The summed E-state index contributed by atoms with van der Waals surface area (Å²) in [6.07, 6.45) is 1.59. The van der Waals surface area contributed by atoms with Gasteiger partial charge in [-0.25, -0.2) is 0 Å². The van der Waals surface area contributed by atoms with Crippen molar-refractivity contribution in [2.45, 2.75) is 0 Å². The van der Waals surface area contributed by atoms with E-state index in [1.165, 1.54) is 4.90 Å². The molecule has 0 unspecified atom stereocenters. The van der Waals surface area contributed by atoms with Gasteiger partial charge >= 0.3 is 0 Å². The molecule has 1 fully saturated rings. The van der Waals surface area contributed by atoms with Crippen LogP contribution in [0.3, 0.4) is 0 Å². The minimum Gasteiger partial charge on any atom is -0.492 e. The number of carbonyl (C=O) groups excluding carboxylic acids is 4. The smallest absolute Gasteiger partial charge is 0.291 e. The monoisotopic (exact) mass is 394 g/mol. The number of nitrogens with zero attached hydrogens (tertiary/aromatic N) is 1. The molecule has 0 saturated carbocycles. The summed E-state index contributed by atoms with van der Waals surface area (Å²) in [6.45, 7) is 0.312. The van der Waals surface area contributed by atoms with Gasteiger partial charge in [0.15, 0.2) is 0 Å². The van der Waals surface area contributed by atoms with Gasteiger partial charge in [0.1, 0.15) is 12.4 Å². The van der Waals surface area contributed by atoms with Crippen molar-refractivity contribution < 1.29 is 23.9 Å². The molecule has 3 amide bonds. The van der Waals surface area contributed by atoms with E-state index in [0.717, 1.165) is 5.56 Å². The Morgan fingerprint density at radius 3 is 2.14 bits per heavy atom. The molecule has 0 aliphatic carbocycles. The topological polar surface area (TPSA) is 92.8 Å². The molecule has 140 valence electrons. The molecular formula is C20H14N2O5S. The standard InChI is InChI=1S/C20H14N2O5S/c23-17-14-3-1-2-4-15(14)18(24)22(17)9-10-27-13-7-5-12(6-8-13)11-16-19(25)28-20(26)21-16/h1-8,11H,9-10H2,(H,21,26). The number of carbonyl (C=O) groups is 4. The van der Waals surface area contributed by atoms with Gasteiger partial charge in [-0.2, -0.15) is 0 Å². The first-order valence-electron chi connectivity index (χ1n) is 8.46. The summed E-state index contributed by atoms with van der Waals surface area (Å²) in [5, 5.41) is 1.78. The molecule has 2 aromatic carbocycles. The highest BCUT2D eigenvalue weighted by Crippen LogP contribution is 2.23. The first-order valence-corrected chi connectivity index (χ1v) is 9.27. The Morgan fingerprint density at radius 1 is 0.929 bits per heavy atom. The van der Waals surface area contributed by atoms with E-state index in [9.17, 15) is 19.2 Å². The van der Waals surface area contributed by atoms with Gasteiger partial charge in [-0.3, -0.25) is 24.1 Å². The molecule has 0 spiro atoms. The number of ether oxygens (including phenoxy) is 1. The zero-order valence-electron chi connectivity index (χ0n) is 14.5. The van der Waals surface area contributed by atoms with E-state index in [0.29, 0.717) is 28.6 Å². The number of amides is 3. The van der Waals surface area contributed by atoms with Crippen molar-refractivity contribution in [1.29, 1.82) is 0 Å². The van der Waals surface area contributed by atoms with Gasteiger partial charge in [0.2, 0.25) is 5.12 Å². The zero-order chi connectivity index (χ0) is 19.7. The molecule has 1 N–H and O–H groups in total. The third kappa shape index (κ3) is 3.41. The van der Waals surface area contributed by atoms with E-state index in [4.69, 9.17) is 4.74 Å². The molecule has 8 heteroatoms. The maximum atomic E-state index is 12.3. The molecule has 2 aromatic rings. The summed E-state index contributed by atoms with van der Waals surface area (Å²) in [5.74, 6) is -0.0606. The van der Waals surface area contributed by atoms with Crippen molar-refractivity contribution in [3.05, 3.63) is 70.9 Å². The second-order valence-electron chi connectivity index (χ2n) is 6.09. The summed E-state index contributed by atoms with van der Waals surface area (Å²) >= 11 is 0.628. The Bertz CT molecular complexity index is 994. The maximum Gasteiger partial charge on any atom is 0.291 e. The molecule has 0 bridgehead atoms. The number of hydrogen-bond acceptors (Lipinski definition) is 6. The Morgan fingerprint density at radius 2 is 1.57 bits per heavy atom. The molecule has 2 heterocycles. The summed E-state index contributed by atoms with van der Waals surface area (Å²) in [6, 6.07) is 13.6. The number of nitrogens with one attached hydrogen (secondary N) is 1. The van der Waals surface area contributed by atoms with Gasteiger partial charge in [0.25, 0.3) is 17.1 Å². The molecule has 2 aliphatic heterocycles. The van der Waals surface area contributed by atoms with Crippen molar-refractivity contribution in [2.24, 2.45) is 0 Å². The average molecular weight is 394 g/mol. The van der Waals surface area contributed by atoms with E-state index >= 15 is 0 Å². The third-order valence-electron chi connectivity index (χ3n) is 4.29. The largest absolute Gasteiger partial charge is 0.492 e. The van der Waals surface area contributed by atoms with Crippen LogP contribution in [0.15, 0.2) is 54.2 Å². The Balaban J connectivity index is 1.35. The van der Waals surface area contributed by atoms with Crippen LogP contribution in [0, 0.1) is 0 Å². The summed E-state index contributed by atoms with van der Waals surface area (Å²) < 4.78 is 5.62. The van der Waals surface area contributed by atoms with Gasteiger partial charge in [-0.1, -0.05) is 24.3 Å². The fourth-order valence-electron chi connectivity index (χ4n) is 2.94. The van der Waals surface area contributed by atoms with Crippen LogP contribution in [-0.4, -0.2) is 40.2 Å². The van der Waals surface area contributed by atoms with Gasteiger partial charge < -0.3 is 10.1 Å². The van der Waals surface area contributed by atoms with E-state index in [1.807, 2.05) is 0 Å². The number of rotatable bonds is 5. The van der Waals surface area contributed by atoms with E-state index < -0.39 is 0 Å². The lowest BCUT2D eigenvalue weighted by Crippen LogP contribution is -2.33. The maximum absolute atomic E-state index is 12.3. The van der Waals surface area contributed by atoms with Crippen molar-refractivity contribution >= 4 is 40.0 Å². The lowest BCUT2D eigenvalue weighted by molar-refractivity contribution is -0.107. The Kier molecular flexibility index (Phi) is 4.70. The molecule has 1 saturated heterocycles. The first kappa shape index (κ1) is 18.0. The zero-order valence-corrected chi connectivity index (χ0v) is 15.3. The third-order valence-corrected chi connectivity index (χ3v) is 4.99. The fourth-order valence-corrected chi connectivity index (χ4v) is 3.49. The number of fused-ring (bicyclic) bond motifs is 1. The molecule has 0 atom stereocenters. The first-order chi connectivity index (χ1) is 13.5. The van der Waals surface area contributed by atoms with Crippen molar-refractivity contribution in [2.75, 3.05) is 13.2 Å². The number of imide groups is 1. The highest BCUT2D eigenvalue weighted by Gasteiger charge is 2.34. The van der Waals surface area contributed by atoms with Crippen molar-refractivity contribution in [3.8, 4) is 5.75 Å². The molecule has 28 heavy (non-hydrogen) atoms. The number of benzene rings is 2. The molecule has 2 aliphatic rings. The molecular weight excluding hydrogens is 380 g/mol. The highest BCUT2D eigenvalue weighted by molar-refractivity contribution is 8.27. The minimum absolute atomic E-state index is 0.149. The number of thioether (sulfide) groups is 1. The summed E-state index contributed by atoms with van der Waals surface area (Å²) in [5.41, 5.74) is 1.81.